The summed E-state index contributed by atoms with van der Waals surface area (Å²) in [6.45, 7) is 1.69. The van der Waals surface area contributed by atoms with Crippen LogP contribution in [0.25, 0.3) is 6.08 Å². The Morgan fingerprint density at radius 2 is 2.07 bits per heavy atom. The Morgan fingerprint density at radius 3 is 2.57 bits per heavy atom. The Balaban J connectivity index is 2.80. The molecular formula is C11H10N2O. The van der Waals surface area contributed by atoms with Gasteiger partial charge in [-0.25, -0.2) is 0 Å². The van der Waals surface area contributed by atoms with Crippen molar-refractivity contribution in [3.05, 3.63) is 41.5 Å². The highest BCUT2D eigenvalue weighted by atomic mass is 16.4. The first kappa shape index (κ1) is 10.0. The quantitative estimate of drug-likeness (QED) is 0.438. The molecule has 70 valence electrons. The van der Waals surface area contributed by atoms with Crippen LogP contribution in [0.1, 0.15) is 18.1 Å². The average molecular weight is 186 g/mol. The van der Waals surface area contributed by atoms with E-state index < -0.39 is 0 Å². The van der Waals surface area contributed by atoms with Gasteiger partial charge in [0.1, 0.15) is 0 Å². The lowest BCUT2D eigenvalue weighted by molar-refractivity contribution is 0.319. The Morgan fingerprint density at radius 1 is 1.43 bits per heavy atom. The van der Waals surface area contributed by atoms with Gasteiger partial charge in [-0.15, -0.1) is 0 Å². The van der Waals surface area contributed by atoms with Crippen molar-refractivity contribution in [1.29, 1.82) is 5.26 Å². The lowest BCUT2D eigenvalue weighted by atomic mass is 10.1. The van der Waals surface area contributed by atoms with Gasteiger partial charge in [-0.3, -0.25) is 0 Å². The molecule has 1 aromatic rings. The number of allylic oxidation sites excluding steroid dienone is 1. The van der Waals surface area contributed by atoms with Crippen molar-refractivity contribution in [2.45, 2.75) is 6.92 Å². The Hall–Kier alpha value is -2.08. The summed E-state index contributed by atoms with van der Waals surface area (Å²) in [5, 5.41) is 20.0. The van der Waals surface area contributed by atoms with Crippen LogP contribution in [0.5, 0.6) is 0 Å². The molecule has 0 spiro atoms. The van der Waals surface area contributed by atoms with Crippen molar-refractivity contribution in [2.75, 3.05) is 0 Å². The van der Waals surface area contributed by atoms with Crippen LogP contribution in [0.3, 0.4) is 0 Å². The van der Waals surface area contributed by atoms with E-state index in [1.165, 1.54) is 0 Å². The molecular weight excluding hydrogens is 176 g/mol. The first-order valence-corrected chi connectivity index (χ1v) is 4.13. The molecule has 0 radical (unpaired) electrons. The molecule has 1 N–H and O–H groups in total. The third-order valence-electron chi connectivity index (χ3n) is 1.71. The minimum atomic E-state index is 0.536. The zero-order valence-corrected chi connectivity index (χ0v) is 7.81. The van der Waals surface area contributed by atoms with E-state index in [2.05, 4.69) is 5.16 Å². The molecule has 1 aromatic carbocycles. The zero-order valence-electron chi connectivity index (χ0n) is 7.81. The molecule has 0 aliphatic rings. The second-order valence-electron chi connectivity index (χ2n) is 2.81. The van der Waals surface area contributed by atoms with Crippen molar-refractivity contribution in [1.82, 2.24) is 0 Å². The Kier molecular flexibility index (Phi) is 3.45. The summed E-state index contributed by atoms with van der Waals surface area (Å²) in [5.41, 5.74) is 2.14. The summed E-state index contributed by atoms with van der Waals surface area (Å²) in [6.07, 6.45) is 3.51. The molecule has 0 saturated carbocycles. The summed E-state index contributed by atoms with van der Waals surface area (Å²) in [4.78, 5) is 0. The molecule has 3 nitrogen and oxygen atoms in total. The summed E-state index contributed by atoms with van der Waals surface area (Å²) < 4.78 is 0. The molecule has 0 atom stereocenters. The molecule has 3 heteroatoms. The van der Waals surface area contributed by atoms with Crippen molar-refractivity contribution in [2.24, 2.45) is 5.16 Å². The molecule has 14 heavy (non-hydrogen) atoms. The number of nitrogens with zero attached hydrogens (tertiary/aromatic N) is 2. The zero-order chi connectivity index (χ0) is 10.4. The molecule has 0 aliphatic carbocycles. The van der Waals surface area contributed by atoms with Gasteiger partial charge in [-0.2, -0.15) is 5.26 Å². The molecule has 0 aliphatic heterocycles. The van der Waals surface area contributed by atoms with Crippen LogP contribution in [0.15, 0.2) is 35.5 Å². The number of rotatable bonds is 2. The fourth-order valence-corrected chi connectivity index (χ4v) is 0.919. The van der Waals surface area contributed by atoms with Crippen molar-refractivity contribution < 1.29 is 5.21 Å². The number of hydrogen-bond donors (Lipinski definition) is 1. The molecule has 0 heterocycles. The van der Waals surface area contributed by atoms with Gasteiger partial charge in [-0.1, -0.05) is 23.4 Å². The third-order valence-corrected chi connectivity index (χ3v) is 1.71. The van der Waals surface area contributed by atoms with Gasteiger partial charge in [0.15, 0.2) is 0 Å². The van der Waals surface area contributed by atoms with Gasteiger partial charge in [0.25, 0.3) is 0 Å². The fraction of sp³-hybridized carbons (Fsp3) is 0.0909. The minimum absolute atomic E-state index is 0.536. The summed E-state index contributed by atoms with van der Waals surface area (Å²) in [7, 11) is 0. The summed E-state index contributed by atoms with van der Waals surface area (Å²) in [6, 6.07) is 9.19. The van der Waals surface area contributed by atoms with Crippen LogP contribution in [0.4, 0.5) is 0 Å². The van der Waals surface area contributed by atoms with E-state index in [-0.39, 0.29) is 0 Å². The van der Waals surface area contributed by atoms with E-state index >= 15 is 0 Å². The van der Waals surface area contributed by atoms with Gasteiger partial charge in [0.2, 0.25) is 0 Å². The summed E-state index contributed by atoms with van der Waals surface area (Å²) in [5.74, 6) is 0. The maximum Gasteiger partial charge on any atom is 0.0991 e. The van der Waals surface area contributed by atoms with Gasteiger partial charge in [0, 0.05) is 0 Å². The monoisotopic (exact) mass is 186 g/mol. The van der Waals surface area contributed by atoms with Crippen molar-refractivity contribution in [3.63, 3.8) is 0 Å². The topological polar surface area (TPSA) is 56.4 Å². The van der Waals surface area contributed by atoms with Crippen molar-refractivity contribution >= 4 is 11.8 Å². The highest BCUT2D eigenvalue weighted by molar-refractivity contribution is 5.95. The number of oxime groups is 1. The van der Waals surface area contributed by atoms with Gasteiger partial charge in [0.05, 0.1) is 17.3 Å². The number of hydrogen-bond acceptors (Lipinski definition) is 3. The predicted molar refractivity (Wildman–Crippen MR) is 55.1 cm³/mol. The van der Waals surface area contributed by atoms with E-state index in [9.17, 15) is 0 Å². The standard InChI is InChI=1S/C11H10N2O/c1-9(13-14)2-3-10-4-6-11(8-12)7-5-10/h2-7,14H,1H3. The maximum absolute atomic E-state index is 8.56. The van der Waals surface area contributed by atoms with Crippen LogP contribution >= 0.6 is 0 Å². The molecule has 1 rings (SSSR count). The van der Waals surface area contributed by atoms with Crippen LogP contribution in [-0.4, -0.2) is 10.9 Å². The second kappa shape index (κ2) is 4.83. The van der Waals surface area contributed by atoms with Crippen LogP contribution in [-0.2, 0) is 0 Å². The van der Waals surface area contributed by atoms with Crippen LogP contribution in [0, 0.1) is 11.3 Å². The maximum atomic E-state index is 8.56. The molecule has 0 unspecified atom stereocenters. The van der Waals surface area contributed by atoms with Crippen LogP contribution in [0.2, 0.25) is 0 Å². The largest absolute Gasteiger partial charge is 0.411 e. The molecule has 0 bridgehead atoms. The van der Waals surface area contributed by atoms with E-state index in [1.807, 2.05) is 24.3 Å². The lowest BCUT2D eigenvalue weighted by Gasteiger charge is -1.92. The predicted octanol–water partition coefficient (Wildman–Crippen LogP) is 2.42. The smallest absolute Gasteiger partial charge is 0.0991 e. The second-order valence-corrected chi connectivity index (χ2v) is 2.81. The van der Waals surface area contributed by atoms with E-state index in [1.54, 1.807) is 25.1 Å². The molecule has 0 fully saturated rings. The summed E-state index contributed by atoms with van der Waals surface area (Å²) >= 11 is 0. The lowest BCUT2D eigenvalue weighted by Crippen LogP contribution is -1.82. The SMILES string of the molecule is CC(C=Cc1ccc(C#N)cc1)=NO. The van der Waals surface area contributed by atoms with Crippen molar-refractivity contribution in [3.8, 4) is 6.07 Å². The highest BCUT2D eigenvalue weighted by Crippen LogP contribution is 2.05. The van der Waals surface area contributed by atoms with E-state index in [0.717, 1.165) is 5.56 Å². The minimum Gasteiger partial charge on any atom is -0.411 e. The first-order valence-electron chi connectivity index (χ1n) is 4.13. The Labute approximate surface area is 82.6 Å². The van der Waals surface area contributed by atoms with E-state index in [0.29, 0.717) is 11.3 Å². The van der Waals surface area contributed by atoms with Gasteiger partial charge < -0.3 is 5.21 Å². The first-order chi connectivity index (χ1) is 6.76. The normalized spacial score (nSPS) is 11.6. The molecule has 0 amide bonds. The average Bonchev–Trinajstić information content (AvgIpc) is 2.26. The fourth-order valence-electron chi connectivity index (χ4n) is 0.919. The van der Waals surface area contributed by atoms with Gasteiger partial charge in [-0.05, 0) is 30.7 Å². The van der Waals surface area contributed by atoms with Gasteiger partial charge >= 0.3 is 0 Å². The Bertz CT molecular complexity index is 396. The highest BCUT2D eigenvalue weighted by Gasteiger charge is 1.89. The van der Waals surface area contributed by atoms with Crippen LogP contribution < -0.4 is 0 Å². The van der Waals surface area contributed by atoms with E-state index in [4.69, 9.17) is 10.5 Å². The third kappa shape index (κ3) is 2.76. The number of nitriles is 1. The number of benzene rings is 1. The molecule has 0 aromatic heterocycles. The molecule has 0 saturated heterocycles.